The van der Waals surface area contributed by atoms with Gasteiger partial charge in [0.05, 0.1) is 16.3 Å². The molecule has 0 saturated carbocycles. The summed E-state index contributed by atoms with van der Waals surface area (Å²) in [5, 5.41) is 26.9. The molecular formula is C28H37N7OS. The van der Waals surface area contributed by atoms with Gasteiger partial charge in [0, 0.05) is 37.3 Å². The Morgan fingerprint density at radius 1 is 1.05 bits per heavy atom. The predicted molar refractivity (Wildman–Crippen MR) is 154 cm³/mol. The quantitative estimate of drug-likeness (QED) is 0.376. The van der Waals surface area contributed by atoms with Crippen molar-refractivity contribution in [3.63, 3.8) is 0 Å². The smallest absolute Gasteiger partial charge is 0.205 e. The summed E-state index contributed by atoms with van der Waals surface area (Å²) in [6.07, 6.45) is 4.73. The lowest BCUT2D eigenvalue weighted by molar-refractivity contribution is 0.476. The van der Waals surface area contributed by atoms with Crippen LogP contribution in [0.25, 0.3) is 11.4 Å². The van der Waals surface area contributed by atoms with Gasteiger partial charge < -0.3 is 14.9 Å². The van der Waals surface area contributed by atoms with Gasteiger partial charge >= 0.3 is 0 Å². The van der Waals surface area contributed by atoms with Gasteiger partial charge in [-0.05, 0) is 56.5 Å². The highest BCUT2D eigenvalue weighted by Crippen LogP contribution is 2.38. The van der Waals surface area contributed by atoms with Crippen molar-refractivity contribution in [2.75, 3.05) is 36.0 Å². The fourth-order valence-corrected chi connectivity index (χ4v) is 5.83. The average molecular weight is 520 g/mol. The summed E-state index contributed by atoms with van der Waals surface area (Å²) in [6.45, 7) is 14.9. The number of unbranched alkanes of at least 4 members (excludes halogenated alkanes) is 1. The van der Waals surface area contributed by atoms with E-state index in [0.29, 0.717) is 17.2 Å². The molecule has 0 aliphatic carbocycles. The Balaban J connectivity index is 1.53. The zero-order valence-electron chi connectivity index (χ0n) is 22.5. The SMILES string of the molecule is CCCCN(CC)c1ccc(/N=C2/C(C(C)(C)C)=Nn3c2nnc3-c2cc(N3CCCC3)ccc2O)s1. The molecule has 0 bridgehead atoms. The molecule has 2 aliphatic rings. The Hall–Kier alpha value is -3.20. The number of benzene rings is 1. The Bertz CT molecular complexity index is 1320. The Morgan fingerprint density at radius 2 is 1.81 bits per heavy atom. The molecule has 9 heteroatoms. The number of hydrogen-bond donors (Lipinski definition) is 1. The first-order valence-corrected chi connectivity index (χ1v) is 14.2. The second-order valence-electron chi connectivity index (χ2n) is 10.8. The molecule has 0 unspecified atom stereocenters. The molecule has 1 aromatic carbocycles. The molecule has 5 rings (SSSR count). The maximum atomic E-state index is 10.8. The highest BCUT2D eigenvalue weighted by atomic mass is 32.1. The lowest BCUT2D eigenvalue weighted by Crippen LogP contribution is -2.27. The molecule has 3 aromatic rings. The summed E-state index contributed by atoms with van der Waals surface area (Å²) in [6, 6.07) is 9.95. The average Bonchev–Trinajstić information content (AvgIpc) is 3.66. The molecule has 196 valence electrons. The Kier molecular flexibility index (Phi) is 7.07. The van der Waals surface area contributed by atoms with E-state index in [2.05, 4.69) is 66.7 Å². The lowest BCUT2D eigenvalue weighted by Gasteiger charge is -2.20. The van der Waals surface area contributed by atoms with E-state index in [1.54, 1.807) is 22.1 Å². The number of thiophene rings is 1. The highest BCUT2D eigenvalue weighted by molar-refractivity contribution is 7.19. The summed E-state index contributed by atoms with van der Waals surface area (Å²) >= 11 is 1.69. The third kappa shape index (κ3) is 5.01. The van der Waals surface area contributed by atoms with Crippen molar-refractivity contribution in [2.45, 2.75) is 60.3 Å². The maximum Gasteiger partial charge on any atom is 0.205 e. The molecule has 4 heterocycles. The van der Waals surface area contributed by atoms with Crippen molar-refractivity contribution in [2.24, 2.45) is 15.5 Å². The monoisotopic (exact) mass is 519 g/mol. The van der Waals surface area contributed by atoms with E-state index in [0.717, 1.165) is 48.3 Å². The van der Waals surface area contributed by atoms with Gasteiger partial charge in [-0.25, -0.2) is 4.99 Å². The number of aliphatic imine (C=N–C) groups is 1. The maximum absolute atomic E-state index is 10.8. The number of fused-ring (bicyclic) bond motifs is 1. The third-order valence-electron chi connectivity index (χ3n) is 6.95. The van der Waals surface area contributed by atoms with E-state index >= 15 is 0 Å². The van der Waals surface area contributed by atoms with Crippen LogP contribution in [0, 0.1) is 5.41 Å². The molecule has 0 amide bonds. The van der Waals surface area contributed by atoms with Gasteiger partial charge in [0.2, 0.25) is 5.82 Å². The molecular weight excluding hydrogens is 482 g/mol. The minimum atomic E-state index is -0.243. The molecule has 1 N–H and O–H groups in total. The highest BCUT2D eigenvalue weighted by Gasteiger charge is 2.36. The second-order valence-corrected chi connectivity index (χ2v) is 11.8. The third-order valence-corrected chi connectivity index (χ3v) is 7.99. The second kappa shape index (κ2) is 10.3. The molecule has 2 aromatic heterocycles. The number of hydrogen-bond acceptors (Lipinski definition) is 8. The van der Waals surface area contributed by atoms with E-state index in [1.807, 2.05) is 12.1 Å². The van der Waals surface area contributed by atoms with Crippen molar-refractivity contribution in [1.29, 1.82) is 0 Å². The van der Waals surface area contributed by atoms with Crippen molar-refractivity contribution in [3.8, 4) is 17.1 Å². The summed E-state index contributed by atoms with van der Waals surface area (Å²) in [5.74, 6) is 1.31. The molecule has 0 radical (unpaired) electrons. The van der Waals surface area contributed by atoms with Crippen molar-refractivity contribution in [1.82, 2.24) is 14.9 Å². The van der Waals surface area contributed by atoms with Crippen LogP contribution in [-0.4, -0.2) is 57.6 Å². The fraction of sp³-hybridized carbons (Fsp3) is 0.500. The molecule has 0 atom stereocenters. The molecule has 1 saturated heterocycles. The van der Waals surface area contributed by atoms with Crippen LogP contribution in [0.1, 0.15) is 66.1 Å². The first-order chi connectivity index (χ1) is 17.8. The number of nitrogens with zero attached hydrogens (tertiary/aromatic N) is 7. The number of phenols is 1. The number of aromatic hydroxyl groups is 1. The van der Waals surface area contributed by atoms with Gasteiger partial charge in [-0.3, -0.25) is 0 Å². The van der Waals surface area contributed by atoms with Crippen LogP contribution in [0.5, 0.6) is 5.75 Å². The number of aromatic nitrogens is 3. The van der Waals surface area contributed by atoms with E-state index < -0.39 is 0 Å². The van der Waals surface area contributed by atoms with E-state index in [9.17, 15) is 5.11 Å². The molecule has 1 fully saturated rings. The van der Waals surface area contributed by atoms with E-state index in [1.165, 1.54) is 30.7 Å². The zero-order chi connectivity index (χ0) is 26.2. The Labute approximate surface area is 223 Å². The van der Waals surface area contributed by atoms with Crippen molar-refractivity contribution in [3.05, 3.63) is 36.2 Å². The lowest BCUT2D eigenvalue weighted by atomic mass is 9.87. The summed E-state index contributed by atoms with van der Waals surface area (Å²) in [4.78, 5) is 9.81. The van der Waals surface area contributed by atoms with Gasteiger partial charge in [0.25, 0.3) is 0 Å². The van der Waals surface area contributed by atoms with Gasteiger partial charge in [0.15, 0.2) is 5.82 Å². The predicted octanol–water partition coefficient (Wildman–Crippen LogP) is 6.32. The van der Waals surface area contributed by atoms with Crippen LogP contribution < -0.4 is 9.80 Å². The topological polar surface area (TPSA) is 82.1 Å². The molecule has 37 heavy (non-hydrogen) atoms. The normalized spacial score (nSPS) is 16.5. The number of anilines is 2. The standard InChI is InChI=1S/C28H37N7OS/c1-6-8-15-33(7-2)23-14-13-22(37-23)29-24-25(28(3,4)5)32-35-26(30-31-27(24)35)20-18-19(11-12-21(20)36)34-16-9-10-17-34/h11-14,18,36H,6-10,15-17H2,1-5H3/b29-24-. The molecule has 8 nitrogen and oxygen atoms in total. The van der Waals surface area contributed by atoms with Crippen LogP contribution in [0.3, 0.4) is 0 Å². The summed E-state index contributed by atoms with van der Waals surface area (Å²) in [7, 11) is 0. The van der Waals surface area contributed by atoms with Crippen LogP contribution in [-0.2, 0) is 0 Å². The fourth-order valence-electron chi connectivity index (χ4n) is 4.86. The van der Waals surface area contributed by atoms with Crippen LogP contribution in [0.4, 0.5) is 15.7 Å². The van der Waals surface area contributed by atoms with Crippen LogP contribution in [0.15, 0.2) is 40.4 Å². The number of phenolic OH excluding ortho intramolecular Hbond substituents is 1. The summed E-state index contributed by atoms with van der Waals surface area (Å²) < 4.78 is 1.75. The first kappa shape index (κ1) is 25.4. The van der Waals surface area contributed by atoms with Crippen LogP contribution in [0.2, 0.25) is 0 Å². The zero-order valence-corrected chi connectivity index (χ0v) is 23.3. The van der Waals surface area contributed by atoms with Gasteiger partial charge in [0.1, 0.15) is 16.5 Å². The minimum Gasteiger partial charge on any atom is -0.507 e. The van der Waals surface area contributed by atoms with E-state index in [-0.39, 0.29) is 11.2 Å². The molecule has 2 aliphatic heterocycles. The largest absolute Gasteiger partial charge is 0.507 e. The van der Waals surface area contributed by atoms with Crippen LogP contribution >= 0.6 is 11.3 Å². The Morgan fingerprint density at radius 3 is 2.51 bits per heavy atom. The van der Waals surface area contributed by atoms with Crippen molar-refractivity contribution < 1.29 is 5.11 Å². The van der Waals surface area contributed by atoms with Crippen molar-refractivity contribution >= 4 is 38.4 Å². The number of rotatable bonds is 8. The summed E-state index contributed by atoms with van der Waals surface area (Å²) in [5.41, 5.74) is 3.08. The first-order valence-electron chi connectivity index (χ1n) is 13.4. The molecule has 0 spiro atoms. The minimum absolute atomic E-state index is 0.172. The van der Waals surface area contributed by atoms with Gasteiger partial charge in [-0.15, -0.1) is 10.2 Å². The van der Waals surface area contributed by atoms with Gasteiger partial charge in [-0.1, -0.05) is 45.5 Å². The van der Waals surface area contributed by atoms with E-state index in [4.69, 9.17) is 10.1 Å². The van der Waals surface area contributed by atoms with Gasteiger partial charge in [-0.2, -0.15) is 9.78 Å².